The summed E-state index contributed by atoms with van der Waals surface area (Å²) in [5, 5.41) is 0. The summed E-state index contributed by atoms with van der Waals surface area (Å²) in [6.45, 7) is 7.58. The Bertz CT molecular complexity index is 437. The minimum atomic E-state index is 0.563. The van der Waals surface area contributed by atoms with Crippen molar-refractivity contribution in [1.29, 1.82) is 0 Å². The van der Waals surface area contributed by atoms with E-state index in [4.69, 9.17) is 4.99 Å². The summed E-state index contributed by atoms with van der Waals surface area (Å²) in [7, 11) is 2.13. The van der Waals surface area contributed by atoms with Gasteiger partial charge in [0, 0.05) is 19.2 Å². The molecule has 1 aliphatic carbocycles. The average molecular weight is 248 g/mol. The van der Waals surface area contributed by atoms with E-state index in [1.165, 1.54) is 49.1 Å². The van der Waals surface area contributed by atoms with Gasteiger partial charge in [-0.2, -0.15) is 4.68 Å². The van der Waals surface area contributed by atoms with Crippen molar-refractivity contribution in [2.24, 2.45) is 12.0 Å². The number of rotatable bonds is 3. The van der Waals surface area contributed by atoms with Crippen LogP contribution in [0.5, 0.6) is 0 Å². The van der Waals surface area contributed by atoms with Crippen LogP contribution in [-0.2, 0) is 13.6 Å². The van der Waals surface area contributed by atoms with Crippen LogP contribution >= 0.6 is 0 Å². The summed E-state index contributed by atoms with van der Waals surface area (Å²) in [4.78, 5) is 4.81. The molecule has 2 rings (SSSR count). The Hall–Kier alpha value is -1.12. The molecule has 0 bridgehead atoms. The van der Waals surface area contributed by atoms with Crippen LogP contribution < -0.4 is 4.68 Å². The molecule has 18 heavy (non-hydrogen) atoms. The third-order valence-electron chi connectivity index (χ3n) is 4.30. The first kappa shape index (κ1) is 13.3. The average Bonchev–Trinajstić information content (AvgIpc) is 2.60. The van der Waals surface area contributed by atoms with Gasteiger partial charge in [-0.25, -0.2) is 0 Å². The maximum absolute atomic E-state index is 4.81. The fraction of sp³-hybridized carbons (Fsp3) is 0.733. The van der Waals surface area contributed by atoms with Crippen LogP contribution in [0.25, 0.3) is 0 Å². The van der Waals surface area contributed by atoms with Crippen LogP contribution in [-0.4, -0.2) is 16.9 Å². The van der Waals surface area contributed by atoms with E-state index in [2.05, 4.69) is 43.4 Å². The number of aromatic nitrogens is 2. The fourth-order valence-corrected chi connectivity index (χ4v) is 3.03. The second-order valence-corrected chi connectivity index (χ2v) is 5.39. The van der Waals surface area contributed by atoms with E-state index in [-0.39, 0.29) is 0 Å². The van der Waals surface area contributed by atoms with E-state index in [9.17, 15) is 0 Å². The molecule has 0 N–H and O–H groups in total. The highest BCUT2D eigenvalue weighted by atomic mass is 15.4. The molecule has 1 aliphatic rings. The van der Waals surface area contributed by atoms with Crippen LogP contribution in [0.3, 0.4) is 0 Å². The Balaban J connectivity index is 2.20. The van der Waals surface area contributed by atoms with Gasteiger partial charge in [-0.15, -0.1) is 4.68 Å². The van der Waals surface area contributed by atoms with Crippen molar-refractivity contribution in [3.63, 3.8) is 0 Å². The van der Waals surface area contributed by atoms with Crippen LogP contribution in [0, 0.1) is 13.8 Å². The Morgan fingerprint density at radius 3 is 2.50 bits per heavy atom. The first-order valence-electron chi connectivity index (χ1n) is 7.24. The largest absolute Gasteiger partial charge is 0.289 e. The fourth-order valence-electron chi connectivity index (χ4n) is 3.03. The summed E-state index contributed by atoms with van der Waals surface area (Å²) in [5.74, 6) is 0. The number of hydrogen-bond donors (Lipinski definition) is 0. The molecule has 1 heterocycles. The minimum Gasteiger partial charge on any atom is -0.289 e. The zero-order chi connectivity index (χ0) is 13.1. The highest BCUT2D eigenvalue weighted by Gasteiger charge is 2.20. The van der Waals surface area contributed by atoms with Gasteiger partial charge in [0.2, 0.25) is 5.69 Å². The monoisotopic (exact) mass is 248 g/mol. The Morgan fingerprint density at radius 2 is 1.94 bits per heavy atom. The number of hydrogen-bond acceptors (Lipinski definition) is 1. The summed E-state index contributed by atoms with van der Waals surface area (Å²) in [6.07, 6.45) is 8.76. The van der Waals surface area contributed by atoms with Crippen molar-refractivity contribution >= 4 is 6.21 Å². The van der Waals surface area contributed by atoms with Crippen molar-refractivity contribution in [2.45, 2.75) is 65.5 Å². The molecule has 0 unspecified atom stereocenters. The molecule has 1 fully saturated rings. The molecule has 0 aliphatic heterocycles. The van der Waals surface area contributed by atoms with Crippen LogP contribution in [0.2, 0.25) is 0 Å². The molecule has 0 saturated heterocycles. The third-order valence-corrected chi connectivity index (χ3v) is 4.30. The van der Waals surface area contributed by atoms with Crippen LogP contribution in [0.4, 0.5) is 0 Å². The van der Waals surface area contributed by atoms with Gasteiger partial charge in [-0.1, -0.05) is 19.3 Å². The zero-order valence-electron chi connectivity index (χ0n) is 12.2. The molecule has 0 amide bonds. The van der Waals surface area contributed by atoms with Crippen molar-refractivity contribution < 1.29 is 4.68 Å². The van der Waals surface area contributed by atoms with Gasteiger partial charge >= 0.3 is 0 Å². The van der Waals surface area contributed by atoms with Gasteiger partial charge in [0.25, 0.3) is 0 Å². The lowest BCUT2D eigenvalue weighted by atomic mass is 9.96. The molecular weight excluding hydrogens is 222 g/mol. The minimum absolute atomic E-state index is 0.563. The van der Waals surface area contributed by atoms with Gasteiger partial charge in [0.15, 0.2) is 7.05 Å². The van der Waals surface area contributed by atoms with Gasteiger partial charge in [0.1, 0.15) is 0 Å². The van der Waals surface area contributed by atoms with Crippen LogP contribution in [0.15, 0.2) is 4.99 Å². The SMILES string of the molecule is CCn1c(C)c(C=NC2CCCCC2)c(C)[n+]1C. The molecule has 100 valence electrons. The summed E-state index contributed by atoms with van der Waals surface area (Å²) >= 11 is 0. The standard InChI is InChI=1S/C15H26N3/c1-5-18-13(3)15(12(2)17(18)4)11-16-14-9-7-6-8-10-14/h11,14H,5-10H2,1-4H3/q+1. The Kier molecular flexibility index (Phi) is 4.20. The van der Waals surface area contributed by atoms with E-state index in [1.54, 1.807) is 0 Å². The molecule has 0 spiro atoms. The zero-order valence-corrected chi connectivity index (χ0v) is 12.2. The van der Waals surface area contributed by atoms with Crippen molar-refractivity contribution in [2.75, 3.05) is 0 Å². The van der Waals surface area contributed by atoms with E-state index >= 15 is 0 Å². The predicted octanol–water partition coefficient (Wildman–Crippen LogP) is 2.70. The maximum Gasteiger partial charge on any atom is 0.213 e. The van der Waals surface area contributed by atoms with E-state index in [0.29, 0.717) is 6.04 Å². The highest BCUT2D eigenvalue weighted by molar-refractivity contribution is 5.82. The molecule has 0 atom stereocenters. The lowest BCUT2D eigenvalue weighted by Gasteiger charge is -2.16. The van der Waals surface area contributed by atoms with Crippen molar-refractivity contribution in [3.05, 3.63) is 17.0 Å². The predicted molar refractivity (Wildman–Crippen MR) is 75.2 cm³/mol. The maximum atomic E-state index is 4.81. The second-order valence-electron chi connectivity index (χ2n) is 5.39. The first-order valence-corrected chi connectivity index (χ1v) is 7.24. The number of aliphatic imine (C=N–C) groups is 1. The van der Waals surface area contributed by atoms with Crippen molar-refractivity contribution in [1.82, 2.24) is 4.68 Å². The topological polar surface area (TPSA) is 21.2 Å². The lowest BCUT2D eigenvalue weighted by molar-refractivity contribution is -0.758. The lowest BCUT2D eigenvalue weighted by Crippen LogP contribution is -2.41. The second kappa shape index (κ2) is 5.68. The molecular formula is C15H26N3+. The van der Waals surface area contributed by atoms with Gasteiger partial charge in [-0.05, 0) is 26.7 Å². The smallest absolute Gasteiger partial charge is 0.213 e. The summed E-state index contributed by atoms with van der Waals surface area (Å²) in [5.41, 5.74) is 3.95. The quantitative estimate of drug-likeness (QED) is 0.579. The van der Waals surface area contributed by atoms with E-state index in [1.807, 2.05) is 0 Å². The van der Waals surface area contributed by atoms with E-state index in [0.717, 1.165) is 6.54 Å². The Labute approximate surface area is 111 Å². The Morgan fingerprint density at radius 1 is 1.28 bits per heavy atom. The molecule has 0 aromatic carbocycles. The number of nitrogens with zero attached hydrogens (tertiary/aromatic N) is 3. The molecule has 1 aromatic rings. The molecule has 1 aromatic heterocycles. The molecule has 3 heteroatoms. The molecule has 3 nitrogen and oxygen atoms in total. The first-order chi connectivity index (χ1) is 8.65. The van der Waals surface area contributed by atoms with Gasteiger partial charge in [-0.3, -0.25) is 4.99 Å². The summed E-state index contributed by atoms with van der Waals surface area (Å²) in [6, 6.07) is 0.563. The molecule has 0 radical (unpaired) electrons. The normalized spacial score (nSPS) is 17.8. The van der Waals surface area contributed by atoms with Crippen molar-refractivity contribution in [3.8, 4) is 0 Å². The van der Waals surface area contributed by atoms with E-state index < -0.39 is 0 Å². The van der Waals surface area contributed by atoms with Gasteiger partial charge < -0.3 is 0 Å². The summed E-state index contributed by atoms with van der Waals surface area (Å²) < 4.78 is 4.54. The highest BCUT2D eigenvalue weighted by Crippen LogP contribution is 2.20. The van der Waals surface area contributed by atoms with Crippen LogP contribution in [0.1, 0.15) is 56.0 Å². The third kappa shape index (κ3) is 2.50. The van der Waals surface area contributed by atoms with Gasteiger partial charge in [0.05, 0.1) is 17.8 Å². The molecule has 1 saturated carbocycles.